The molecule has 1 heterocycles. The monoisotopic (exact) mass is 316 g/mol. The minimum Gasteiger partial charge on any atom is -0.465 e. The molecule has 0 radical (unpaired) electrons. The number of methoxy groups -OCH3 is 1. The van der Waals surface area contributed by atoms with E-state index in [0.29, 0.717) is 5.56 Å². The third-order valence-corrected chi connectivity index (χ3v) is 4.46. The summed E-state index contributed by atoms with van der Waals surface area (Å²) in [5.74, 6) is 0.848. The number of hydrogen-bond donors (Lipinski definition) is 1. The van der Waals surface area contributed by atoms with E-state index in [1.165, 1.54) is 13.5 Å². The summed E-state index contributed by atoms with van der Waals surface area (Å²) in [5.41, 5.74) is 2.76. The fourth-order valence-electron chi connectivity index (χ4n) is 2.11. The number of aliphatic hydroxyl groups is 1. The van der Waals surface area contributed by atoms with Gasteiger partial charge in [0.25, 0.3) is 0 Å². The molecule has 0 bridgehead atoms. The second-order valence-corrected chi connectivity index (χ2v) is 6.19. The molecule has 0 aromatic heterocycles. The Morgan fingerprint density at radius 2 is 1.73 bits per heavy atom. The predicted octanol–water partition coefficient (Wildman–Crippen LogP) is 3.97. The summed E-state index contributed by atoms with van der Waals surface area (Å²) < 4.78 is 4.64. The van der Waals surface area contributed by atoms with Crippen molar-refractivity contribution >= 4 is 17.7 Å². The highest BCUT2D eigenvalue weighted by molar-refractivity contribution is 7.99. The van der Waals surface area contributed by atoms with E-state index in [0.717, 1.165) is 23.3 Å². The SMILES string of the molecule is COC(=O)c1ccc(-c2ccccc2)cc1.OC1CCCS1. The van der Waals surface area contributed by atoms with Crippen LogP contribution in [0.2, 0.25) is 0 Å². The van der Waals surface area contributed by atoms with Crippen LogP contribution < -0.4 is 0 Å². The molecular weight excluding hydrogens is 296 g/mol. The van der Waals surface area contributed by atoms with Crippen molar-refractivity contribution in [3.8, 4) is 11.1 Å². The fraction of sp³-hybridized carbons (Fsp3) is 0.278. The number of aliphatic hydroxyl groups excluding tert-OH is 1. The number of ether oxygens (including phenoxy) is 1. The van der Waals surface area contributed by atoms with Crippen LogP contribution in [0.4, 0.5) is 0 Å². The lowest BCUT2D eigenvalue weighted by Crippen LogP contribution is -2.00. The van der Waals surface area contributed by atoms with Gasteiger partial charge in [0.1, 0.15) is 0 Å². The first-order valence-electron chi connectivity index (χ1n) is 7.24. The molecule has 1 atom stereocenters. The molecule has 1 aliphatic heterocycles. The van der Waals surface area contributed by atoms with E-state index in [1.54, 1.807) is 23.9 Å². The quantitative estimate of drug-likeness (QED) is 0.852. The van der Waals surface area contributed by atoms with Crippen molar-refractivity contribution in [2.45, 2.75) is 18.3 Å². The minimum absolute atomic E-state index is 0.0370. The van der Waals surface area contributed by atoms with Crippen LogP contribution in [0.3, 0.4) is 0 Å². The van der Waals surface area contributed by atoms with E-state index in [1.807, 2.05) is 42.5 Å². The van der Waals surface area contributed by atoms with E-state index in [4.69, 9.17) is 5.11 Å². The van der Waals surface area contributed by atoms with Crippen LogP contribution in [0.1, 0.15) is 23.2 Å². The van der Waals surface area contributed by atoms with Gasteiger partial charge in [0.05, 0.1) is 18.1 Å². The highest BCUT2D eigenvalue weighted by Crippen LogP contribution is 2.22. The lowest BCUT2D eigenvalue weighted by Gasteiger charge is -2.02. The van der Waals surface area contributed by atoms with Crippen LogP contribution in [0.25, 0.3) is 11.1 Å². The van der Waals surface area contributed by atoms with Gasteiger partial charge >= 0.3 is 5.97 Å². The molecule has 3 nitrogen and oxygen atoms in total. The van der Waals surface area contributed by atoms with E-state index in [9.17, 15) is 4.79 Å². The molecule has 0 saturated carbocycles. The van der Waals surface area contributed by atoms with E-state index < -0.39 is 0 Å². The molecule has 0 aliphatic carbocycles. The zero-order valence-electron chi connectivity index (χ0n) is 12.6. The molecule has 0 spiro atoms. The minimum atomic E-state index is -0.306. The van der Waals surface area contributed by atoms with Crippen molar-refractivity contribution in [3.63, 3.8) is 0 Å². The van der Waals surface area contributed by atoms with Gasteiger partial charge in [0.15, 0.2) is 0 Å². The smallest absolute Gasteiger partial charge is 0.337 e. The summed E-state index contributed by atoms with van der Waals surface area (Å²) >= 11 is 1.65. The van der Waals surface area contributed by atoms with E-state index in [2.05, 4.69) is 4.74 Å². The maximum Gasteiger partial charge on any atom is 0.337 e. The Labute approximate surface area is 135 Å². The van der Waals surface area contributed by atoms with Crippen LogP contribution in [-0.4, -0.2) is 29.4 Å². The average Bonchev–Trinajstić information content (AvgIpc) is 3.07. The van der Waals surface area contributed by atoms with Crippen molar-refractivity contribution < 1.29 is 14.6 Å². The van der Waals surface area contributed by atoms with Gasteiger partial charge in [-0.1, -0.05) is 42.5 Å². The molecule has 0 amide bonds. The summed E-state index contributed by atoms with van der Waals surface area (Å²) in [6.07, 6.45) is 2.20. The van der Waals surface area contributed by atoms with Gasteiger partial charge in [-0.25, -0.2) is 4.79 Å². The first-order valence-corrected chi connectivity index (χ1v) is 8.29. The van der Waals surface area contributed by atoms with Gasteiger partial charge < -0.3 is 9.84 Å². The Hall–Kier alpha value is -1.78. The van der Waals surface area contributed by atoms with Crippen molar-refractivity contribution in [1.82, 2.24) is 0 Å². The molecule has 2 aromatic rings. The molecule has 22 heavy (non-hydrogen) atoms. The molecule has 3 rings (SSSR count). The van der Waals surface area contributed by atoms with Crippen LogP contribution in [0.15, 0.2) is 54.6 Å². The number of carbonyl (C=O) groups is 1. The Bertz CT molecular complexity index is 575. The van der Waals surface area contributed by atoms with Gasteiger partial charge in [-0.2, -0.15) is 0 Å². The molecule has 2 aromatic carbocycles. The Balaban J connectivity index is 0.000000246. The second-order valence-electron chi connectivity index (χ2n) is 4.90. The molecule has 1 saturated heterocycles. The third-order valence-electron chi connectivity index (χ3n) is 3.32. The summed E-state index contributed by atoms with van der Waals surface area (Å²) in [6, 6.07) is 17.4. The maximum absolute atomic E-state index is 11.2. The molecule has 4 heteroatoms. The molecule has 116 valence electrons. The van der Waals surface area contributed by atoms with Crippen molar-refractivity contribution in [2.75, 3.05) is 12.9 Å². The summed E-state index contributed by atoms with van der Waals surface area (Å²) in [4.78, 5) is 11.2. The van der Waals surface area contributed by atoms with Crippen LogP contribution >= 0.6 is 11.8 Å². The molecule has 1 fully saturated rings. The van der Waals surface area contributed by atoms with Crippen molar-refractivity contribution in [2.24, 2.45) is 0 Å². The van der Waals surface area contributed by atoms with Crippen LogP contribution in [0.5, 0.6) is 0 Å². The Kier molecular flexibility index (Phi) is 6.49. The molecule has 1 unspecified atom stereocenters. The Morgan fingerprint density at radius 1 is 1.09 bits per heavy atom. The number of rotatable bonds is 2. The second kappa shape index (κ2) is 8.61. The van der Waals surface area contributed by atoms with Gasteiger partial charge in [0, 0.05) is 0 Å². The number of carbonyl (C=O) groups excluding carboxylic acids is 1. The highest BCUT2D eigenvalue weighted by Gasteiger charge is 2.09. The highest BCUT2D eigenvalue weighted by atomic mass is 32.2. The van der Waals surface area contributed by atoms with Crippen LogP contribution in [0, 0.1) is 0 Å². The van der Waals surface area contributed by atoms with Crippen molar-refractivity contribution in [3.05, 3.63) is 60.2 Å². The topological polar surface area (TPSA) is 46.5 Å². The summed E-state index contributed by atoms with van der Waals surface area (Å²) in [7, 11) is 1.38. The standard InChI is InChI=1S/C14H12O2.C4H8OS/c1-16-14(15)13-9-7-12(8-10-13)11-5-3-2-4-6-11;5-4-2-1-3-6-4/h2-10H,1H3;4-5H,1-3H2. The predicted molar refractivity (Wildman–Crippen MR) is 90.9 cm³/mol. The van der Waals surface area contributed by atoms with Crippen LogP contribution in [-0.2, 0) is 4.74 Å². The van der Waals surface area contributed by atoms with Gasteiger partial charge in [0.2, 0.25) is 0 Å². The van der Waals surface area contributed by atoms with Gasteiger partial charge in [-0.3, -0.25) is 0 Å². The Morgan fingerprint density at radius 3 is 2.18 bits per heavy atom. The largest absolute Gasteiger partial charge is 0.465 e. The number of hydrogen-bond acceptors (Lipinski definition) is 4. The third kappa shape index (κ3) is 4.90. The first-order chi connectivity index (χ1) is 10.7. The number of benzene rings is 2. The normalized spacial score (nSPS) is 16.5. The van der Waals surface area contributed by atoms with Crippen molar-refractivity contribution in [1.29, 1.82) is 0 Å². The lowest BCUT2D eigenvalue weighted by atomic mass is 10.0. The lowest BCUT2D eigenvalue weighted by molar-refractivity contribution is 0.0601. The molecule has 1 N–H and O–H groups in total. The first kappa shape index (κ1) is 16.6. The zero-order chi connectivity index (χ0) is 15.8. The van der Waals surface area contributed by atoms with Gasteiger partial charge in [-0.15, -0.1) is 11.8 Å². The summed E-state index contributed by atoms with van der Waals surface area (Å²) in [5, 5.41) is 8.69. The average molecular weight is 316 g/mol. The molecule has 1 aliphatic rings. The van der Waals surface area contributed by atoms with E-state index in [-0.39, 0.29) is 11.4 Å². The number of esters is 1. The fourth-order valence-corrected chi connectivity index (χ4v) is 3.05. The zero-order valence-corrected chi connectivity index (χ0v) is 13.4. The number of thioether (sulfide) groups is 1. The maximum atomic E-state index is 11.2. The van der Waals surface area contributed by atoms with Gasteiger partial charge in [-0.05, 0) is 41.9 Å². The van der Waals surface area contributed by atoms with E-state index >= 15 is 0 Å². The molecular formula is C18H20O3S. The summed E-state index contributed by atoms with van der Waals surface area (Å²) in [6.45, 7) is 0.